The van der Waals surface area contributed by atoms with Gasteiger partial charge in [0.1, 0.15) is 13.0 Å². The van der Waals surface area contributed by atoms with Gasteiger partial charge in [-0.15, -0.1) is 0 Å². The molecule has 2 nitrogen and oxygen atoms in total. The molecule has 2 heteroatoms. The summed E-state index contributed by atoms with van der Waals surface area (Å²) >= 11 is 0. The molecule has 0 saturated heterocycles. The Morgan fingerprint density at radius 3 is 2.77 bits per heavy atom. The van der Waals surface area contributed by atoms with Gasteiger partial charge in [-0.25, -0.2) is 4.79 Å². The summed E-state index contributed by atoms with van der Waals surface area (Å²) in [7, 11) is 1.91. The van der Waals surface area contributed by atoms with Gasteiger partial charge in [0.2, 0.25) is 0 Å². The molecule has 1 atom stereocenters. The Bertz CT molecular complexity index is 336. The number of carbonyl (C=O) groups excluding carboxylic acids is 1. The molecule has 1 aliphatic carbocycles. The van der Waals surface area contributed by atoms with Crippen LogP contribution in [0.25, 0.3) is 0 Å². The van der Waals surface area contributed by atoms with Crippen LogP contribution in [0.15, 0.2) is 11.1 Å². The molecule has 1 amide bonds. The molecule has 0 aromatic rings. The Labute approximate surface area is 79.0 Å². The number of rotatable bonds is 0. The molecule has 1 fully saturated rings. The molecule has 13 heavy (non-hydrogen) atoms. The topological polar surface area (TPSA) is 20.1 Å². The van der Waals surface area contributed by atoms with Crippen LogP contribution in [0.3, 0.4) is 0 Å². The first-order chi connectivity index (χ1) is 6.13. The smallest absolute Gasteiger partial charge is 0.219 e. The number of amides is 1. The highest BCUT2D eigenvalue weighted by molar-refractivity contribution is 6.04. The molecule has 70 valence electrons. The highest BCUT2D eigenvalue weighted by Gasteiger charge is 2.38. The second-order valence-electron chi connectivity index (χ2n) is 4.08. The normalized spacial score (nSPS) is 28.5. The highest BCUT2D eigenvalue weighted by Crippen LogP contribution is 2.31. The van der Waals surface area contributed by atoms with Crippen molar-refractivity contribution in [3.8, 4) is 0 Å². The van der Waals surface area contributed by atoms with Gasteiger partial charge >= 0.3 is 5.91 Å². The van der Waals surface area contributed by atoms with Crippen LogP contribution < -0.4 is 0 Å². The predicted octanol–water partition coefficient (Wildman–Crippen LogP) is 1.75. The minimum atomic E-state index is 0.0989. The van der Waals surface area contributed by atoms with Crippen molar-refractivity contribution in [2.75, 3.05) is 7.05 Å². The maximum absolute atomic E-state index is 11.7. The zero-order valence-corrected chi connectivity index (χ0v) is 8.55. The molecule has 2 rings (SSSR count). The lowest BCUT2D eigenvalue weighted by Crippen LogP contribution is -2.34. The maximum atomic E-state index is 11.7. The van der Waals surface area contributed by atoms with Crippen LogP contribution in [0, 0.1) is 5.92 Å². The van der Waals surface area contributed by atoms with E-state index in [0.29, 0.717) is 0 Å². The van der Waals surface area contributed by atoms with E-state index in [1.54, 1.807) is 0 Å². The Morgan fingerprint density at radius 1 is 1.38 bits per heavy atom. The van der Waals surface area contributed by atoms with Gasteiger partial charge in [0.15, 0.2) is 5.71 Å². The highest BCUT2D eigenvalue weighted by atomic mass is 16.2. The molecule has 1 saturated carbocycles. The molecule has 0 spiro atoms. The van der Waals surface area contributed by atoms with Gasteiger partial charge in [0, 0.05) is 12.0 Å². The lowest BCUT2D eigenvalue weighted by molar-refractivity contribution is -0.423. The van der Waals surface area contributed by atoms with Crippen molar-refractivity contribution in [3.05, 3.63) is 11.1 Å². The van der Waals surface area contributed by atoms with E-state index in [0.717, 1.165) is 6.42 Å². The standard InChI is InChI=1S/C11H16NO/c1-7-8(2)11(13)12(3)10-6-4-5-9(7)10/h8H,4-6H2,1-3H3/q+1. The van der Waals surface area contributed by atoms with E-state index in [-0.39, 0.29) is 11.8 Å². The first kappa shape index (κ1) is 8.67. The summed E-state index contributed by atoms with van der Waals surface area (Å²) < 4.78 is 1.86. The quantitative estimate of drug-likeness (QED) is 0.517. The molecular formula is C11H16NO+. The van der Waals surface area contributed by atoms with Crippen molar-refractivity contribution in [2.24, 2.45) is 5.92 Å². The Balaban J connectivity index is 2.57. The minimum absolute atomic E-state index is 0.0989. The zero-order valence-electron chi connectivity index (χ0n) is 8.55. The van der Waals surface area contributed by atoms with Gasteiger partial charge < -0.3 is 0 Å². The van der Waals surface area contributed by atoms with E-state index in [9.17, 15) is 4.79 Å². The van der Waals surface area contributed by atoms with E-state index in [4.69, 9.17) is 0 Å². The maximum Gasteiger partial charge on any atom is 0.393 e. The number of hydrogen-bond donors (Lipinski definition) is 0. The Morgan fingerprint density at radius 2 is 2.08 bits per heavy atom. The van der Waals surface area contributed by atoms with Gasteiger partial charge in [-0.05, 0) is 32.3 Å². The van der Waals surface area contributed by atoms with Crippen LogP contribution in [0.1, 0.15) is 33.1 Å². The van der Waals surface area contributed by atoms with Crippen LogP contribution in [0.2, 0.25) is 0 Å². The van der Waals surface area contributed by atoms with Gasteiger partial charge in [-0.2, -0.15) is 4.58 Å². The zero-order chi connectivity index (χ0) is 9.59. The van der Waals surface area contributed by atoms with Crippen LogP contribution >= 0.6 is 0 Å². The third-order valence-electron chi connectivity index (χ3n) is 3.42. The van der Waals surface area contributed by atoms with E-state index >= 15 is 0 Å². The second-order valence-corrected chi connectivity index (χ2v) is 4.08. The van der Waals surface area contributed by atoms with Crippen LogP contribution in [-0.2, 0) is 4.79 Å². The van der Waals surface area contributed by atoms with E-state index in [1.807, 2.05) is 18.5 Å². The predicted molar refractivity (Wildman–Crippen MR) is 51.9 cm³/mol. The van der Waals surface area contributed by atoms with Gasteiger partial charge in [0.05, 0.1) is 0 Å². The van der Waals surface area contributed by atoms with Gasteiger partial charge in [-0.3, -0.25) is 0 Å². The van der Waals surface area contributed by atoms with E-state index in [2.05, 4.69) is 6.92 Å². The molecule has 1 heterocycles. The fourth-order valence-electron chi connectivity index (χ4n) is 2.39. The molecule has 0 aromatic carbocycles. The van der Waals surface area contributed by atoms with Crippen molar-refractivity contribution in [3.63, 3.8) is 0 Å². The van der Waals surface area contributed by atoms with Crippen LogP contribution in [-0.4, -0.2) is 23.2 Å². The first-order valence-electron chi connectivity index (χ1n) is 4.96. The number of fused-ring (bicyclic) bond motifs is 1. The fourth-order valence-corrected chi connectivity index (χ4v) is 2.39. The summed E-state index contributed by atoms with van der Waals surface area (Å²) in [5, 5.41) is 0. The van der Waals surface area contributed by atoms with Crippen LogP contribution in [0.4, 0.5) is 0 Å². The molecule has 0 radical (unpaired) electrons. The largest absolute Gasteiger partial charge is 0.393 e. The Hall–Kier alpha value is -0.920. The van der Waals surface area contributed by atoms with E-state index in [1.165, 1.54) is 29.7 Å². The first-order valence-corrected chi connectivity index (χ1v) is 4.96. The minimum Gasteiger partial charge on any atom is -0.219 e. The summed E-state index contributed by atoms with van der Waals surface area (Å²) in [6.45, 7) is 4.12. The number of carbonyl (C=O) groups is 1. The van der Waals surface area contributed by atoms with Crippen molar-refractivity contribution < 1.29 is 9.37 Å². The summed E-state index contributed by atoms with van der Waals surface area (Å²) in [5.74, 6) is 0.361. The number of hydrogen-bond acceptors (Lipinski definition) is 1. The number of nitrogens with zero attached hydrogens (tertiary/aromatic N) is 1. The monoisotopic (exact) mass is 178 g/mol. The number of allylic oxidation sites excluding steroid dienone is 1. The van der Waals surface area contributed by atoms with Gasteiger partial charge in [0.25, 0.3) is 0 Å². The lowest BCUT2D eigenvalue weighted by Gasteiger charge is -2.16. The van der Waals surface area contributed by atoms with Crippen molar-refractivity contribution in [1.29, 1.82) is 0 Å². The summed E-state index contributed by atoms with van der Waals surface area (Å²) in [6.07, 6.45) is 3.47. The average Bonchev–Trinajstić information content (AvgIpc) is 2.59. The summed E-state index contributed by atoms with van der Waals surface area (Å²) in [5.41, 5.74) is 4.03. The summed E-state index contributed by atoms with van der Waals surface area (Å²) in [6, 6.07) is 0. The van der Waals surface area contributed by atoms with E-state index < -0.39 is 0 Å². The second kappa shape index (κ2) is 2.79. The molecule has 1 unspecified atom stereocenters. The molecule has 0 bridgehead atoms. The fraction of sp³-hybridized carbons (Fsp3) is 0.636. The van der Waals surface area contributed by atoms with Gasteiger partial charge in [-0.1, -0.05) is 0 Å². The third-order valence-corrected chi connectivity index (χ3v) is 3.42. The average molecular weight is 178 g/mol. The Kier molecular flexibility index (Phi) is 1.86. The lowest BCUT2D eigenvalue weighted by atomic mass is 9.91. The third kappa shape index (κ3) is 1.08. The van der Waals surface area contributed by atoms with Crippen molar-refractivity contribution >= 4 is 11.6 Å². The SMILES string of the molecule is CC1=C2CCCC2=[N+](C)C(=O)C1C. The van der Waals surface area contributed by atoms with Crippen LogP contribution in [0.5, 0.6) is 0 Å². The molecule has 2 aliphatic rings. The van der Waals surface area contributed by atoms with Crippen molar-refractivity contribution in [2.45, 2.75) is 33.1 Å². The van der Waals surface area contributed by atoms with Crippen molar-refractivity contribution in [1.82, 2.24) is 0 Å². The molecular weight excluding hydrogens is 162 g/mol. The molecule has 0 N–H and O–H groups in total. The summed E-state index contributed by atoms with van der Waals surface area (Å²) in [4.78, 5) is 11.7. The molecule has 1 aliphatic heterocycles. The molecule has 0 aromatic heterocycles.